The maximum Gasteiger partial charge on any atom is 0.320 e. The van der Waals surface area contributed by atoms with E-state index in [0.29, 0.717) is 11.6 Å². The van der Waals surface area contributed by atoms with Gasteiger partial charge >= 0.3 is 5.97 Å². The summed E-state index contributed by atoms with van der Waals surface area (Å²) in [5, 5.41) is 3.91. The number of hydrogen-bond acceptors (Lipinski definition) is 3. The molecule has 0 heterocycles. The molecule has 0 aliphatic rings. The van der Waals surface area contributed by atoms with Gasteiger partial charge in [0.15, 0.2) is 0 Å². The van der Waals surface area contributed by atoms with Crippen LogP contribution in [0.25, 0.3) is 0 Å². The molecular formula is C18H20ClNO2. The largest absolute Gasteiger partial charge is 0.460 e. The number of ether oxygens (including phenoxy) is 1. The van der Waals surface area contributed by atoms with Gasteiger partial charge in [0.2, 0.25) is 0 Å². The molecule has 0 aromatic heterocycles. The van der Waals surface area contributed by atoms with Crippen molar-refractivity contribution in [2.45, 2.75) is 26.0 Å². The SMILES string of the molecule is CC(C)(NCC(=O)OCc1ccccc1)c1ccc(Cl)cc1. The third-order valence-electron chi connectivity index (χ3n) is 3.48. The van der Waals surface area contributed by atoms with Crippen molar-refractivity contribution in [2.75, 3.05) is 6.54 Å². The highest BCUT2D eigenvalue weighted by atomic mass is 35.5. The quantitative estimate of drug-likeness (QED) is 0.821. The van der Waals surface area contributed by atoms with Gasteiger partial charge in [-0.25, -0.2) is 0 Å². The van der Waals surface area contributed by atoms with Gasteiger partial charge in [0, 0.05) is 10.6 Å². The zero-order chi connectivity index (χ0) is 16.0. The lowest BCUT2D eigenvalue weighted by atomic mass is 9.94. The zero-order valence-corrected chi connectivity index (χ0v) is 13.6. The van der Waals surface area contributed by atoms with Crippen molar-refractivity contribution < 1.29 is 9.53 Å². The monoisotopic (exact) mass is 317 g/mol. The van der Waals surface area contributed by atoms with Crippen molar-refractivity contribution in [3.8, 4) is 0 Å². The molecule has 0 spiro atoms. The number of carbonyl (C=O) groups is 1. The molecule has 3 nitrogen and oxygen atoms in total. The minimum Gasteiger partial charge on any atom is -0.460 e. The Labute approximate surface area is 136 Å². The van der Waals surface area contributed by atoms with E-state index in [9.17, 15) is 4.79 Å². The summed E-state index contributed by atoms with van der Waals surface area (Å²) >= 11 is 5.89. The molecular weight excluding hydrogens is 298 g/mol. The molecule has 0 aliphatic heterocycles. The molecule has 0 fully saturated rings. The summed E-state index contributed by atoms with van der Waals surface area (Å²) in [6, 6.07) is 17.2. The summed E-state index contributed by atoms with van der Waals surface area (Å²) in [4.78, 5) is 11.8. The Morgan fingerprint density at radius 1 is 1.09 bits per heavy atom. The van der Waals surface area contributed by atoms with Gasteiger partial charge in [0.1, 0.15) is 6.61 Å². The summed E-state index contributed by atoms with van der Waals surface area (Å²) in [6.07, 6.45) is 0. The van der Waals surface area contributed by atoms with Crippen molar-refractivity contribution in [1.29, 1.82) is 0 Å². The number of nitrogens with one attached hydrogen (secondary N) is 1. The molecule has 4 heteroatoms. The summed E-state index contributed by atoms with van der Waals surface area (Å²) in [6.45, 7) is 4.48. The molecule has 0 amide bonds. The van der Waals surface area contributed by atoms with Crippen LogP contribution in [-0.4, -0.2) is 12.5 Å². The Balaban J connectivity index is 1.83. The summed E-state index contributed by atoms with van der Waals surface area (Å²) in [7, 11) is 0. The second kappa shape index (κ2) is 7.43. The fourth-order valence-corrected chi connectivity index (χ4v) is 2.18. The lowest BCUT2D eigenvalue weighted by Gasteiger charge is -2.26. The molecule has 2 rings (SSSR count). The summed E-state index contributed by atoms with van der Waals surface area (Å²) in [5.41, 5.74) is 1.71. The average molecular weight is 318 g/mol. The molecule has 0 bridgehead atoms. The highest BCUT2D eigenvalue weighted by molar-refractivity contribution is 6.30. The highest BCUT2D eigenvalue weighted by Gasteiger charge is 2.21. The third-order valence-corrected chi connectivity index (χ3v) is 3.74. The van der Waals surface area contributed by atoms with Gasteiger partial charge in [-0.1, -0.05) is 54.1 Å². The first-order valence-electron chi connectivity index (χ1n) is 7.18. The number of halogens is 1. The van der Waals surface area contributed by atoms with Crippen molar-refractivity contribution in [1.82, 2.24) is 5.32 Å². The molecule has 1 N–H and O–H groups in total. The summed E-state index contributed by atoms with van der Waals surface area (Å²) in [5.74, 6) is -0.272. The fraction of sp³-hybridized carbons (Fsp3) is 0.278. The van der Waals surface area contributed by atoms with Crippen molar-refractivity contribution in [3.63, 3.8) is 0 Å². The standard InChI is InChI=1S/C18H20ClNO2/c1-18(2,15-8-10-16(19)11-9-15)20-12-17(21)22-13-14-6-4-3-5-7-14/h3-11,20H,12-13H2,1-2H3. The van der Waals surface area contributed by atoms with Crippen LogP contribution in [0.2, 0.25) is 5.02 Å². The normalized spacial score (nSPS) is 11.2. The smallest absolute Gasteiger partial charge is 0.320 e. The Kier molecular flexibility index (Phi) is 5.58. The van der Waals surface area contributed by atoms with E-state index in [1.807, 2.05) is 68.4 Å². The molecule has 116 valence electrons. The molecule has 22 heavy (non-hydrogen) atoms. The first-order chi connectivity index (χ1) is 10.5. The molecule has 0 saturated heterocycles. The maximum absolute atomic E-state index is 11.8. The van der Waals surface area contributed by atoms with E-state index in [-0.39, 0.29) is 18.1 Å². The molecule has 0 saturated carbocycles. The Morgan fingerprint density at radius 3 is 2.36 bits per heavy atom. The summed E-state index contributed by atoms with van der Waals surface area (Å²) < 4.78 is 5.26. The van der Waals surface area contributed by atoms with Gasteiger partial charge < -0.3 is 4.74 Å². The van der Waals surface area contributed by atoms with Gasteiger partial charge in [-0.2, -0.15) is 0 Å². The molecule has 2 aromatic rings. The van der Waals surface area contributed by atoms with E-state index in [2.05, 4.69) is 5.32 Å². The molecule has 0 unspecified atom stereocenters. The van der Waals surface area contributed by atoms with Crippen LogP contribution >= 0.6 is 11.6 Å². The van der Waals surface area contributed by atoms with Gasteiger partial charge in [-0.3, -0.25) is 10.1 Å². The lowest BCUT2D eigenvalue weighted by molar-refractivity contribution is -0.144. The van der Waals surface area contributed by atoms with Gasteiger partial charge in [-0.05, 0) is 37.1 Å². The zero-order valence-electron chi connectivity index (χ0n) is 12.8. The first kappa shape index (κ1) is 16.5. The van der Waals surface area contributed by atoms with E-state index >= 15 is 0 Å². The van der Waals surface area contributed by atoms with Crippen LogP contribution in [0.15, 0.2) is 54.6 Å². The van der Waals surface area contributed by atoms with Gasteiger partial charge in [0.05, 0.1) is 6.54 Å². The fourth-order valence-electron chi connectivity index (χ4n) is 2.05. The van der Waals surface area contributed by atoms with Crippen molar-refractivity contribution >= 4 is 17.6 Å². The number of hydrogen-bond donors (Lipinski definition) is 1. The predicted molar refractivity (Wildman–Crippen MR) is 88.7 cm³/mol. The van der Waals surface area contributed by atoms with E-state index in [1.54, 1.807) is 0 Å². The van der Waals surface area contributed by atoms with E-state index in [4.69, 9.17) is 16.3 Å². The molecule has 2 aromatic carbocycles. The van der Waals surface area contributed by atoms with E-state index < -0.39 is 0 Å². The first-order valence-corrected chi connectivity index (χ1v) is 7.56. The van der Waals surface area contributed by atoms with Crippen LogP contribution in [0.1, 0.15) is 25.0 Å². The number of benzene rings is 2. The molecule has 0 atom stereocenters. The minimum atomic E-state index is -0.337. The second-order valence-electron chi connectivity index (χ2n) is 5.63. The van der Waals surface area contributed by atoms with Crippen LogP contribution < -0.4 is 5.32 Å². The maximum atomic E-state index is 11.8. The molecule has 0 radical (unpaired) electrons. The van der Waals surface area contributed by atoms with Crippen molar-refractivity contribution in [3.05, 3.63) is 70.7 Å². The van der Waals surface area contributed by atoms with E-state index in [1.165, 1.54) is 0 Å². The topological polar surface area (TPSA) is 38.3 Å². The number of rotatable bonds is 6. The molecule has 0 aliphatic carbocycles. The van der Waals surface area contributed by atoms with Gasteiger partial charge in [-0.15, -0.1) is 0 Å². The van der Waals surface area contributed by atoms with E-state index in [0.717, 1.165) is 11.1 Å². The van der Waals surface area contributed by atoms with Crippen LogP contribution in [-0.2, 0) is 21.7 Å². The number of carbonyl (C=O) groups excluding carboxylic acids is 1. The van der Waals surface area contributed by atoms with Crippen LogP contribution in [0, 0.1) is 0 Å². The Morgan fingerprint density at radius 2 is 1.73 bits per heavy atom. The lowest BCUT2D eigenvalue weighted by Crippen LogP contribution is -2.40. The Bertz CT molecular complexity index is 609. The number of esters is 1. The van der Waals surface area contributed by atoms with Crippen LogP contribution in [0.3, 0.4) is 0 Å². The Hall–Kier alpha value is -1.84. The van der Waals surface area contributed by atoms with Gasteiger partial charge in [0.25, 0.3) is 0 Å². The van der Waals surface area contributed by atoms with Crippen molar-refractivity contribution in [2.24, 2.45) is 0 Å². The third kappa shape index (κ3) is 4.86. The second-order valence-corrected chi connectivity index (χ2v) is 6.07. The predicted octanol–water partition coefficient (Wildman–Crippen LogP) is 3.91. The van der Waals surface area contributed by atoms with Crippen LogP contribution in [0.4, 0.5) is 0 Å². The highest BCUT2D eigenvalue weighted by Crippen LogP contribution is 2.21. The van der Waals surface area contributed by atoms with Crippen LogP contribution in [0.5, 0.6) is 0 Å². The minimum absolute atomic E-state index is 0.155. The average Bonchev–Trinajstić information content (AvgIpc) is 2.52.